The molecule has 7 rings (SSSR count). The summed E-state index contributed by atoms with van der Waals surface area (Å²) in [5.74, 6) is 0.00773. The number of aromatic hydroxyl groups is 1. The molecule has 4 aliphatic rings. The summed E-state index contributed by atoms with van der Waals surface area (Å²) < 4.78 is 51.5. The molecule has 7 nitrogen and oxygen atoms in total. The van der Waals surface area contributed by atoms with Crippen LogP contribution in [0.3, 0.4) is 0 Å². The SMILES string of the molecule is COCC(=O)c1cc2c3c(c1O)OC1C(N(CC(C)C)C(=O)C=Cc4ccc(C(F)(F)F)cc4)CC[C@H]4[C@@H](C2)N(CCc2ccccc2)CC[C@]314. The maximum absolute atomic E-state index is 14.1. The zero-order valence-corrected chi connectivity index (χ0v) is 29.3. The molecular weight excluding hydrogens is 657 g/mol. The predicted octanol–water partition coefficient (Wildman–Crippen LogP) is 7.09. The van der Waals surface area contributed by atoms with Crippen LogP contribution in [-0.2, 0) is 34.0 Å². The number of phenols is 1. The average molecular weight is 703 g/mol. The van der Waals surface area contributed by atoms with Gasteiger partial charge in [0.05, 0.1) is 17.2 Å². The molecule has 1 saturated heterocycles. The number of benzene rings is 3. The Morgan fingerprint density at radius 1 is 1.12 bits per heavy atom. The molecule has 2 bridgehead atoms. The number of rotatable bonds is 11. The standard InChI is InChI=1S/C41H45F3N2O5/c1-25(2)23-46(35(48)16-11-27-9-12-29(13-10-27)41(42,43)44)32-15-14-31-33-22-28-21-30(34(47)24-50-3)37(49)38-36(28)40(31,39(32)51-38)18-20-45(33)19-17-26-7-5-4-6-8-26/h4-13,16,21,25,31-33,39,49H,14-15,17-20,22-24H2,1-3H3/t31-,32?,33+,39?,40-/m0/s1. The maximum atomic E-state index is 14.1. The van der Waals surface area contributed by atoms with Gasteiger partial charge >= 0.3 is 6.18 Å². The lowest BCUT2D eigenvalue weighted by Crippen LogP contribution is -2.69. The van der Waals surface area contributed by atoms with Crippen LogP contribution in [0.4, 0.5) is 13.2 Å². The molecule has 1 N–H and O–H groups in total. The van der Waals surface area contributed by atoms with Gasteiger partial charge in [-0.3, -0.25) is 14.5 Å². The molecule has 2 unspecified atom stereocenters. The number of carbonyl (C=O) groups is 2. The predicted molar refractivity (Wildman–Crippen MR) is 188 cm³/mol. The van der Waals surface area contributed by atoms with Gasteiger partial charge in [0.25, 0.3) is 0 Å². The van der Waals surface area contributed by atoms with Gasteiger partial charge in [0.15, 0.2) is 17.3 Å². The van der Waals surface area contributed by atoms with Crippen molar-refractivity contribution in [2.24, 2.45) is 11.8 Å². The van der Waals surface area contributed by atoms with Gasteiger partial charge in [-0.2, -0.15) is 13.2 Å². The van der Waals surface area contributed by atoms with E-state index in [1.807, 2.05) is 30.9 Å². The van der Waals surface area contributed by atoms with Crippen molar-refractivity contribution in [1.29, 1.82) is 0 Å². The van der Waals surface area contributed by atoms with Gasteiger partial charge in [-0.05, 0) is 91.5 Å². The lowest BCUT2D eigenvalue weighted by molar-refractivity contribution is -0.139. The number of piperidine rings is 1. The third kappa shape index (κ3) is 6.35. The second-order valence-corrected chi connectivity index (χ2v) is 15.0. The summed E-state index contributed by atoms with van der Waals surface area (Å²) >= 11 is 0. The minimum Gasteiger partial charge on any atom is -0.504 e. The Kier molecular flexibility index (Phi) is 9.52. The number of hydrogen-bond donors (Lipinski definition) is 1. The van der Waals surface area contributed by atoms with Gasteiger partial charge in [0, 0.05) is 43.3 Å². The Balaban J connectivity index is 1.24. The van der Waals surface area contributed by atoms with Crippen LogP contribution in [0.1, 0.15) is 71.3 Å². The molecular formula is C41H45F3N2O5. The molecule has 2 aliphatic heterocycles. The number of Topliss-reactive ketones (excluding diaryl/α,β-unsaturated/α-hetero) is 1. The van der Waals surface area contributed by atoms with E-state index in [-0.39, 0.29) is 53.5 Å². The number of carbonyl (C=O) groups excluding carboxylic acids is 2. The molecule has 1 saturated carbocycles. The second kappa shape index (κ2) is 13.8. The van der Waals surface area contributed by atoms with E-state index in [2.05, 4.69) is 29.2 Å². The van der Waals surface area contributed by atoms with Crippen LogP contribution in [0, 0.1) is 11.8 Å². The van der Waals surface area contributed by atoms with E-state index in [1.165, 1.54) is 30.9 Å². The molecule has 2 fully saturated rings. The van der Waals surface area contributed by atoms with Crippen molar-refractivity contribution in [1.82, 2.24) is 9.80 Å². The summed E-state index contributed by atoms with van der Waals surface area (Å²) in [6.07, 6.45) is 2.14. The summed E-state index contributed by atoms with van der Waals surface area (Å²) in [6, 6.07) is 17.0. The van der Waals surface area contributed by atoms with Crippen molar-refractivity contribution in [2.75, 3.05) is 33.4 Å². The first-order valence-corrected chi connectivity index (χ1v) is 17.9. The molecule has 3 aromatic carbocycles. The topological polar surface area (TPSA) is 79.3 Å². The van der Waals surface area contributed by atoms with Crippen molar-refractivity contribution in [3.63, 3.8) is 0 Å². The zero-order chi connectivity index (χ0) is 36.1. The van der Waals surface area contributed by atoms with Crippen LogP contribution >= 0.6 is 0 Å². The van der Waals surface area contributed by atoms with Crippen molar-refractivity contribution in [3.05, 3.63) is 100 Å². The van der Waals surface area contributed by atoms with E-state index in [0.29, 0.717) is 24.3 Å². The number of amides is 1. The molecule has 3 aromatic rings. The largest absolute Gasteiger partial charge is 0.504 e. The minimum atomic E-state index is -4.44. The van der Waals surface area contributed by atoms with Crippen LogP contribution in [0.5, 0.6) is 11.5 Å². The maximum Gasteiger partial charge on any atom is 0.416 e. The third-order valence-electron chi connectivity index (χ3n) is 11.5. The Bertz CT molecular complexity index is 1810. The summed E-state index contributed by atoms with van der Waals surface area (Å²) in [6.45, 7) is 6.14. The molecule has 51 heavy (non-hydrogen) atoms. The number of likely N-dealkylation sites (tertiary alicyclic amines) is 1. The molecule has 0 aromatic heterocycles. The Morgan fingerprint density at radius 3 is 2.55 bits per heavy atom. The molecule has 10 heteroatoms. The lowest BCUT2D eigenvalue weighted by Gasteiger charge is -2.60. The number of methoxy groups -OCH3 is 1. The van der Waals surface area contributed by atoms with Crippen LogP contribution in [-0.4, -0.2) is 78.1 Å². The van der Waals surface area contributed by atoms with Gasteiger partial charge in [-0.1, -0.05) is 56.3 Å². The first-order valence-electron chi connectivity index (χ1n) is 17.9. The van der Waals surface area contributed by atoms with Gasteiger partial charge in [-0.25, -0.2) is 0 Å². The normalized spacial score (nSPS) is 25.2. The summed E-state index contributed by atoms with van der Waals surface area (Å²) in [5.41, 5.74) is 2.78. The molecule has 2 heterocycles. The monoisotopic (exact) mass is 702 g/mol. The third-order valence-corrected chi connectivity index (χ3v) is 11.5. The number of ether oxygens (including phenoxy) is 2. The highest BCUT2D eigenvalue weighted by atomic mass is 19.4. The minimum absolute atomic E-state index is 0.133. The summed E-state index contributed by atoms with van der Waals surface area (Å²) in [7, 11) is 1.45. The van der Waals surface area contributed by atoms with Crippen LogP contribution in [0.25, 0.3) is 6.08 Å². The molecule has 1 amide bonds. The molecule has 5 atom stereocenters. The van der Waals surface area contributed by atoms with E-state index in [4.69, 9.17) is 9.47 Å². The number of phenolic OH excluding ortho intramolecular Hbond substituents is 1. The van der Waals surface area contributed by atoms with Gasteiger partial charge < -0.3 is 19.5 Å². The van der Waals surface area contributed by atoms with Crippen molar-refractivity contribution >= 4 is 17.8 Å². The summed E-state index contributed by atoms with van der Waals surface area (Å²) in [4.78, 5) is 31.8. The number of alkyl halides is 3. The smallest absolute Gasteiger partial charge is 0.416 e. The number of halogens is 3. The molecule has 0 radical (unpaired) electrons. The zero-order valence-electron chi connectivity index (χ0n) is 29.3. The molecule has 270 valence electrons. The molecule has 2 aliphatic carbocycles. The fourth-order valence-electron chi connectivity index (χ4n) is 9.44. The summed E-state index contributed by atoms with van der Waals surface area (Å²) in [5, 5.41) is 11.6. The number of hydrogen-bond acceptors (Lipinski definition) is 6. The lowest BCUT2D eigenvalue weighted by atomic mass is 9.50. The van der Waals surface area contributed by atoms with E-state index >= 15 is 0 Å². The highest BCUT2D eigenvalue weighted by Gasteiger charge is 2.66. The molecule has 1 spiro atoms. The van der Waals surface area contributed by atoms with Crippen LogP contribution in [0.15, 0.2) is 66.7 Å². The number of nitrogens with zero attached hydrogens (tertiary/aromatic N) is 2. The van der Waals surface area contributed by atoms with Gasteiger partial charge in [0.1, 0.15) is 12.7 Å². The van der Waals surface area contributed by atoms with Gasteiger partial charge in [-0.15, -0.1) is 0 Å². The number of ketones is 1. The Hall–Kier alpha value is -4.15. The highest BCUT2D eigenvalue weighted by molar-refractivity contribution is 6.01. The average Bonchev–Trinajstić information content (AvgIpc) is 3.46. The van der Waals surface area contributed by atoms with Gasteiger partial charge in [0.2, 0.25) is 5.91 Å². The van der Waals surface area contributed by atoms with Crippen molar-refractivity contribution in [3.8, 4) is 11.5 Å². The first-order chi connectivity index (χ1) is 24.4. The van der Waals surface area contributed by atoms with E-state index in [1.54, 1.807) is 6.08 Å². The highest BCUT2D eigenvalue weighted by Crippen LogP contribution is 2.65. The van der Waals surface area contributed by atoms with E-state index < -0.39 is 23.3 Å². The Labute approximate surface area is 297 Å². The quantitative estimate of drug-likeness (QED) is 0.170. The van der Waals surface area contributed by atoms with E-state index in [9.17, 15) is 27.9 Å². The Morgan fingerprint density at radius 2 is 1.86 bits per heavy atom. The van der Waals surface area contributed by atoms with Crippen LogP contribution in [0.2, 0.25) is 0 Å². The van der Waals surface area contributed by atoms with Crippen LogP contribution < -0.4 is 4.74 Å². The first kappa shape index (κ1) is 35.3. The van der Waals surface area contributed by atoms with Crippen molar-refractivity contribution in [2.45, 2.75) is 75.7 Å². The van der Waals surface area contributed by atoms with E-state index in [0.717, 1.165) is 62.0 Å². The second-order valence-electron chi connectivity index (χ2n) is 15.0. The fourth-order valence-corrected chi connectivity index (χ4v) is 9.44. The fraction of sp³-hybridized carbons (Fsp3) is 0.463. The van der Waals surface area contributed by atoms with Crippen molar-refractivity contribution < 1.29 is 37.3 Å².